The quantitative estimate of drug-likeness (QED) is 0.376. The third-order valence-electron chi connectivity index (χ3n) is 2.21. The van der Waals surface area contributed by atoms with E-state index in [0.717, 1.165) is 12.1 Å². The summed E-state index contributed by atoms with van der Waals surface area (Å²) in [6.45, 7) is 1.70. The molecule has 0 heterocycles. The number of benzene rings is 1. The van der Waals surface area contributed by atoms with Crippen molar-refractivity contribution >= 4 is 5.97 Å². The molecule has 0 aliphatic heterocycles. The number of halogens is 1. The van der Waals surface area contributed by atoms with Crippen molar-refractivity contribution in [2.75, 3.05) is 6.61 Å². The van der Waals surface area contributed by atoms with Crippen LogP contribution in [0.3, 0.4) is 0 Å². The van der Waals surface area contributed by atoms with E-state index in [-0.39, 0.29) is 12.2 Å². The third kappa shape index (κ3) is 3.44. The zero-order chi connectivity index (χ0) is 13.5. The number of azide groups is 1. The number of aliphatic hydroxyl groups excluding tert-OH is 1. The topological polar surface area (TPSA) is 95.3 Å². The lowest BCUT2D eigenvalue weighted by Crippen LogP contribution is -2.28. The lowest BCUT2D eigenvalue weighted by Gasteiger charge is -2.17. The molecule has 18 heavy (non-hydrogen) atoms. The smallest absolute Gasteiger partial charge is 0.317 e. The number of ether oxygens (including phenoxy) is 1. The summed E-state index contributed by atoms with van der Waals surface area (Å²) in [4.78, 5) is 14.0. The number of hydrogen-bond donors (Lipinski definition) is 1. The second kappa shape index (κ2) is 6.58. The monoisotopic (exact) mass is 253 g/mol. The number of hydrogen-bond acceptors (Lipinski definition) is 4. The summed E-state index contributed by atoms with van der Waals surface area (Å²) in [5.74, 6) is -1.30. The lowest BCUT2D eigenvalue weighted by atomic mass is 10.0. The molecular weight excluding hydrogens is 241 g/mol. The number of rotatable bonds is 5. The van der Waals surface area contributed by atoms with E-state index in [4.69, 9.17) is 5.53 Å². The number of esters is 1. The first kappa shape index (κ1) is 14.0. The van der Waals surface area contributed by atoms with Crippen LogP contribution in [0.4, 0.5) is 4.39 Å². The molecule has 0 fully saturated rings. The van der Waals surface area contributed by atoms with Crippen LogP contribution in [0.5, 0.6) is 0 Å². The van der Waals surface area contributed by atoms with E-state index < -0.39 is 23.9 Å². The van der Waals surface area contributed by atoms with E-state index in [1.807, 2.05) is 0 Å². The van der Waals surface area contributed by atoms with Gasteiger partial charge in [-0.25, -0.2) is 4.39 Å². The van der Waals surface area contributed by atoms with Crippen molar-refractivity contribution in [1.29, 1.82) is 0 Å². The van der Waals surface area contributed by atoms with Crippen LogP contribution in [-0.2, 0) is 9.53 Å². The molecule has 0 amide bonds. The first-order chi connectivity index (χ1) is 8.60. The molecule has 1 aromatic carbocycles. The molecular formula is C11H12FN3O3. The molecule has 0 bridgehead atoms. The Kier molecular flexibility index (Phi) is 5.10. The van der Waals surface area contributed by atoms with E-state index in [1.165, 1.54) is 12.1 Å². The van der Waals surface area contributed by atoms with E-state index in [2.05, 4.69) is 14.8 Å². The van der Waals surface area contributed by atoms with Crippen molar-refractivity contribution in [3.8, 4) is 0 Å². The van der Waals surface area contributed by atoms with E-state index >= 15 is 0 Å². The highest BCUT2D eigenvalue weighted by atomic mass is 19.1. The Morgan fingerprint density at radius 2 is 2.17 bits per heavy atom. The Hall–Kier alpha value is -2.11. The molecule has 0 saturated heterocycles. The fourth-order valence-corrected chi connectivity index (χ4v) is 1.36. The van der Waals surface area contributed by atoms with Crippen molar-refractivity contribution in [2.24, 2.45) is 5.11 Å². The maximum atomic E-state index is 12.7. The van der Waals surface area contributed by atoms with Crippen LogP contribution in [0, 0.1) is 5.82 Å². The van der Waals surface area contributed by atoms with Crippen molar-refractivity contribution < 1.29 is 19.0 Å². The van der Waals surface area contributed by atoms with Crippen LogP contribution in [0.1, 0.15) is 18.6 Å². The lowest BCUT2D eigenvalue weighted by molar-refractivity contribution is -0.147. The standard InChI is InChI=1S/C11H12FN3O3/c1-2-18-11(17)9(14-15-13)10(16)7-3-5-8(12)6-4-7/h3-6,9-10,16H,2H2,1H3/t9-,10-/m1/s1. The molecule has 0 unspecified atom stereocenters. The predicted octanol–water partition coefficient (Wildman–Crippen LogP) is 2.10. The predicted molar refractivity (Wildman–Crippen MR) is 60.9 cm³/mol. The van der Waals surface area contributed by atoms with Crippen molar-refractivity contribution in [1.82, 2.24) is 0 Å². The highest BCUT2D eigenvalue weighted by Crippen LogP contribution is 2.21. The molecule has 96 valence electrons. The molecule has 0 aromatic heterocycles. The summed E-state index contributed by atoms with van der Waals surface area (Å²) in [5, 5.41) is 13.1. The minimum Gasteiger partial charge on any atom is -0.466 e. The van der Waals surface area contributed by atoms with Crippen LogP contribution in [0.15, 0.2) is 29.4 Å². The van der Waals surface area contributed by atoms with Crippen LogP contribution in [0.25, 0.3) is 10.4 Å². The SMILES string of the molecule is CCOC(=O)[C@H](N=[N+]=[N-])[C@H](O)c1ccc(F)cc1. The van der Waals surface area contributed by atoms with Crippen LogP contribution >= 0.6 is 0 Å². The van der Waals surface area contributed by atoms with Gasteiger partial charge in [0.15, 0.2) is 6.04 Å². The maximum Gasteiger partial charge on any atom is 0.317 e. The number of aliphatic hydroxyl groups is 1. The Morgan fingerprint density at radius 1 is 1.56 bits per heavy atom. The van der Waals surface area contributed by atoms with Gasteiger partial charge in [0, 0.05) is 4.91 Å². The van der Waals surface area contributed by atoms with Gasteiger partial charge < -0.3 is 9.84 Å². The summed E-state index contributed by atoms with van der Waals surface area (Å²) in [5.41, 5.74) is 8.64. The zero-order valence-electron chi connectivity index (χ0n) is 9.65. The molecule has 0 spiro atoms. The molecule has 2 atom stereocenters. The van der Waals surface area contributed by atoms with Crippen molar-refractivity contribution in [3.05, 3.63) is 46.1 Å². The van der Waals surface area contributed by atoms with Gasteiger partial charge in [-0.15, -0.1) is 0 Å². The number of nitrogens with zero attached hydrogens (tertiary/aromatic N) is 3. The molecule has 1 rings (SSSR count). The van der Waals surface area contributed by atoms with E-state index in [9.17, 15) is 14.3 Å². The molecule has 0 saturated carbocycles. The van der Waals surface area contributed by atoms with Gasteiger partial charge >= 0.3 is 5.97 Å². The molecule has 1 N–H and O–H groups in total. The van der Waals surface area contributed by atoms with Crippen LogP contribution < -0.4 is 0 Å². The summed E-state index contributed by atoms with van der Waals surface area (Å²) in [6.07, 6.45) is -1.37. The largest absolute Gasteiger partial charge is 0.466 e. The zero-order valence-corrected chi connectivity index (χ0v) is 9.65. The first-order valence-corrected chi connectivity index (χ1v) is 5.24. The van der Waals surface area contributed by atoms with Gasteiger partial charge in [-0.2, -0.15) is 0 Å². The van der Waals surface area contributed by atoms with Gasteiger partial charge in [0.2, 0.25) is 0 Å². The fourth-order valence-electron chi connectivity index (χ4n) is 1.36. The van der Waals surface area contributed by atoms with E-state index in [1.54, 1.807) is 6.92 Å². The Bertz CT molecular complexity index is 457. The van der Waals surface area contributed by atoms with Gasteiger partial charge in [-0.05, 0) is 30.2 Å². The van der Waals surface area contributed by atoms with Crippen molar-refractivity contribution in [2.45, 2.75) is 19.1 Å². The molecule has 1 aromatic rings. The van der Waals surface area contributed by atoms with Gasteiger partial charge in [-0.3, -0.25) is 4.79 Å². The second-order valence-electron chi connectivity index (χ2n) is 3.40. The van der Waals surface area contributed by atoms with Gasteiger partial charge in [-0.1, -0.05) is 17.2 Å². The minimum atomic E-state index is -1.39. The summed E-state index contributed by atoms with van der Waals surface area (Å²) < 4.78 is 17.4. The Morgan fingerprint density at radius 3 is 2.67 bits per heavy atom. The normalized spacial score (nSPS) is 13.3. The molecule has 7 heteroatoms. The maximum absolute atomic E-state index is 12.7. The first-order valence-electron chi connectivity index (χ1n) is 5.24. The summed E-state index contributed by atoms with van der Waals surface area (Å²) in [6, 6.07) is 3.49. The molecule has 0 radical (unpaired) electrons. The Labute approximate surface area is 103 Å². The molecule has 0 aliphatic rings. The van der Waals surface area contributed by atoms with Gasteiger partial charge in [0.1, 0.15) is 5.82 Å². The average Bonchev–Trinajstić information content (AvgIpc) is 2.36. The third-order valence-corrected chi connectivity index (χ3v) is 2.21. The van der Waals surface area contributed by atoms with Crippen LogP contribution in [-0.4, -0.2) is 23.7 Å². The number of carbonyl (C=O) groups excluding carboxylic acids is 1. The fraction of sp³-hybridized carbons (Fsp3) is 0.364. The van der Waals surface area contributed by atoms with Gasteiger partial charge in [0.05, 0.1) is 12.7 Å². The second-order valence-corrected chi connectivity index (χ2v) is 3.40. The highest BCUT2D eigenvalue weighted by Gasteiger charge is 2.28. The molecule has 6 nitrogen and oxygen atoms in total. The Balaban J connectivity index is 2.95. The minimum absolute atomic E-state index is 0.104. The number of carbonyl (C=O) groups is 1. The highest BCUT2D eigenvalue weighted by molar-refractivity contribution is 5.77. The van der Waals surface area contributed by atoms with Crippen molar-refractivity contribution in [3.63, 3.8) is 0 Å². The summed E-state index contributed by atoms with van der Waals surface area (Å²) in [7, 11) is 0. The van der Waals surface area contributed by atoms with Gasteiger partial charge in [0.25, 0.3) is 0 Å². The average molecular weight is 253 g/mol. The van der Waals surface area contributed by atoms with E-state index in [0.29, 0.717) is 0 Å². The summed E-state index contributed by atoms with van der Waals surface area (Å²) >= 11 is 0. The molecule has 0 aliphatic carbocycles. The van der Waals surface area contributed by atoms with Crippen LogP contribution in [0.2, 0.25) is 0 Å².